The zero-order valence-electron chi connectivity index (χ0n) is 82.6. The molecule has 8 aromatic carbocycles. The first-order valence-electron chi connectivity index (χ1n) is 46.8. The van der Waals surface area contributed by atoms with Crippen molar-refractivity contribution < 1.29 is 140 Å². The number of halogens is 1. The Morgan fingerprint density at radius 2 is 0.912 bits per heavy atom. The molecule has 0 spiro atoms. The Hall–Kier alpha value is -12.7. The molecule has 147 heavy (non-hydrogen) atoms. The Labute approximate surface area is 882 Å². The number of hydrogen-bond donors (Lipinski definition) is 7. The van der Waals surface area contributed by atoms with Gasteiger partial charge < -0.3 is 75.2 Å². The number of alkyl halides is 1. The number of piperazine rings is 2. The van der Waals surface area contributed by atoms with Crippen LogP contribution in [0.3, 0.4) is 0 Å². The van der Waals surface area contributed by atoms with Crippen molar-refractivity contribution in [3.63, 3.8) is 0 Å². The molecular weight excluding hydrogens is 1990 g/mol. The van der Waals surface area contributed by atoms with Crippen molar-refractivity contribution in [1.29, 1.82) is 0 Å². The number of rotatable bonds is 24. The molecule has 0 bridgehead atoms. The van der Waals surface area contributed by atoms with Crippen molar-refractivity contribution in [1.82, 2.24) is 25.8 Å². The molecule has 10 aliphatic rings. The summed E-state index contributed by atoms with van der Waals surface area (Å²) in [7, 11) is 0. The number of β-amino-alcohol motifs (C(OH)–C–C–N with tert-alkyl or cyclic N) is 1. The number of hydrazine groups is 1. The number of likely N-dealkylation sites (tertiary alicyclic amines) is 2. The summed E-state index contributed by atoms with van der Waals surface area (Å²) >= 11 is 3.17. The van der Waals surface area contributed by atoms with Gasteiger partial charge in [0.25, 0.3) is 22.7 Å². The van der Waals surface area contributed by atoms with Gasteiger partial charge in [0.05, 0.1) is 179 Å². The number of nitrogens with zero attached hydrogens (tertiary/aromatic N) is 8. The molecular formula is C101H127AlBrLiN14O29. The van der Waals surface area contributed by atoms with Crippen LogP contribution in [0.15, 0.2) is 207 Å². The van der Waals surface area contributed by atoms with Crippen LogP contribution in [0.25, 0.3) is 0 Å². The second-order valence-corrected chi connectivity index (χ2v) is 33.7. The number of epoxide rings is 1. The number of nitro groups is 4. The minimum Gasteiger partial charge on any atom is -1.00 e. The quantitative estimate of drug-likeness (QED) is 0.00353. The molecule has 6 unspecified atom stereocenters. The van der Waals surface area contributed by atoms with Crippen molar-refractivity contribution in [2.24, 2.45) is 29.3 Å². The number of carbonyl (C=O) groups excluding carboxylic acids is 10. The van der Waals surface area contributed by atoms with Gasteiger partial charge in [0.15, 0.2) is 17.4 Å². The molecule has 10 aliphatic heterocycles. The number of nitrogens with two attached hydrogens (primary N) is 3. The maximum Gasteiger partial charge on any atom is 1.00 e. The number of anilines is 2. The predicted molar refractivity (Wildman–Crippen MR) is 543 cm³/mol. The van der Waals surface area contributed by atoms with Gasteiger partial charge in [-0.1, -0.05) is 162 Å². The molecule has 0 saturated carbocycles. The third kappa shape index (κ3) is 41.1. The Morgan fingerprint density at radius 3 is 1.36 bits per heavy atom. The van der Waals surface area contributed by atoms with Gasteiger partial charge in [0.2, 0.25) is 35.4 Å². The minimum absolute atomic E-state index is 0. The number of benzene rings is 8. The summed E-state index contributed by atoms with van der Waals surface area (Å²) in [6.07, 6.45) is 4.52. The number of hydrogen-bond acceptors (Lipinski definition) is 34. The molecule has 6 saturated heterocycles. The first kappa shape index (κ1) is 123. The van der Waals surface area contributed by atoms with Crippen LogP contribution in [0.1, 0.15) is 109 Å². The second kappa shape index (κ2) is 67.2. The first-order valence-corrected chi connectivity index (χ1v) is 47.9. The van der Waals surface area contributed by atoms with E-state index >= 15 is 0 Å². The average Bonchev–Trinajstić information content (AvgIpc) is 1.55. The molecule has 43 nitrogen and oxygen atoms in total. The van der Waals surface area contributed by atoms with E-state index in [9.17, 15) is 93.5 Å². The van der Waals surface area contributed by atoms with Crippen molar-refractivity contribution in [2.75, 3.05) is 122 Å². The number of nitrogens with one attached hydrogen (secondary N) is 3. The third-order valence-electron chi connectivity index (χ3n) is 22.8. The van der Waals surface area contributed by atoms with Crippen LogP contribution < -0.4 is 62.0 Å². The SMILES string of the molecule is C=CCOCc1ccccc1[N+](=O)[O-].CCOC(=O)C(=O)OCC.NCC1COCc2ccccc2C1.NN.O=C1CCC(=O)N1.O=C1CCC(=O)N1CC(O)COCc1ccccc1[N+](=O)[O-].O=C1CCC(=O)N1CC1COCc2ccccc2C1.O=C1NCC2COCc3ccccc3N2C1=O.O=[N+]([O-])c1ccccc1CBr.O=[N+]([O-])c1ccccc1COCC1CO1.[AlH3].[H-].[Li+].c1ccc2c(c1)COCC1CNCCN21. The Balaban J connectivity index is 0.000000291. The summed E-state index contributed by atoms with van der Waals surface area (Å²) < 4.78 is 51.8. The van der Waals surface area contributed by atoms with Crippen molar-refractivity contribution in [3.8, 4) is 0 Å². The molecule has 0 aromatic heterocycles. The van der Waals surface area contributed by atoms with Gasteiger partial charge in [-0.15, -0.1) is 6.58 Å². The van der Waals surface area contributed by atoms with Crippen LogP contribution in [0, 0.1) is 52.3 Å². The summed E-state index contributed by atoms with van der Waals surface area (Å²) in [6.45, 7) is 19.1. The van der Waals surface area contributed by atoms with E-state index in [-0.39, 0.29) is 178 Å². The van der Waals surface area contributed by atoms with Gasteiger partial charge >= 0.3 is 42.6 Å². The van der Waals surface area contributed by atoms with E-state index in [1.807, 2.05) is 36.4 Å². The van der Waals surface area contributed by atoms with Gasteiger partial charge in [-0.2, -0.15) is 0 Å². The largest absolute Gasteiger partial charge is 1.00 e. The number of aliphatic hydroxyl groups excluding tert-OH is 1. The van der Waals surface area contributed by atoms with E-state index in [0.29, 0.717) is 125 Å². The number of carbonyl (C=O) groups is 10. The number of aliphatic hydroxyl groups is 1. The van der Waals surface area contributed by atoms with E-state index in [4.69, 9.17) is 43.6 Å². The standard InChI is InChI=1S/C15H17NO3.C14H16N2O6.C12H12N2O3.C12H16N2O.C11H15NO.C10H11NO4.C10H11NO3.C7H6BrNO2.C6H10O4.C4H5NO2.Al.Li.H4N2.4H/c17-14-5-6-15(18)16(14)8-11-7-12-3-1-2-4-13(12)10-19-9-11;17-11(7-15-13(18)5-6-14(15)19)9-22-8-10-3-1-2-4-12(10)16(20)21;15-11-12(16)14-9(5-13-11)7-17-6-8-3-1-2-4-10(8)14;1-2-4-12-10(3-1)8-15-9-11-7-13-5-6-14(11)12;12-6-9-5-10-3-1-2-4-11(10)8-13-7-9;12-11(13)10-4-2-1-3-8(10)5-14-6-9-7-15-9;1-2-7-14-8-9-5-3-4-6-10(9)11(12)13;8-5-6-3-1-2-4-7(6)9(10)11;1-3-9-5(7)6(8)10-4-2;6-3-1-2-4(7)5-3;;;1-2;;;;/h1-4,11H,5-10H2;1-4,11,17H,5-9H2;1-4,9H,5-7H2,(H,13,15);1-4,11,13H,5-9H2;1-4,9H,5-8,12H2;1-4,9H,5-7H2;2-6H,1,7-8H2;1-4H,5H2;3-4H2,1-2H3;1-2H2,(H,5,6,7);;;1-2H2;;;;/q;;;;;;;;;;;+1;;;;;-1. The Bertz CT molecular complexity index is 5610. The number of para-hydroxylation sites is 6. The molecule has 8 amide bonds. The fraction of sp³-hybridized carbons (Fsp3) is 0.406. The van der Waals surface area contributed by atoms with Crippen LogP contribution in [-0.4, -0.2) is 247 Å². The van der Waals surface area contributed by atoms with E-state index in [2.05, 4.69) is 125 Å². The molecule has 786 valence electrons. The van der Waals surface area contributed by atoms with E-state index in [0.717, 1.165) is 81.7 Å². The van der Waals surface area contributed by atoms with Crippen molar-refractivity contribution in [3.05, 3.63) is 303 Å². The van der Waals surface area contributed by atoms with Gasteiger partial charge in [-0.3, -0.25) is 111 Å². The van der Waals surface area contributed by atoms with Gasteiger partial charge in [-0.25, -0.2) is 9.59 Å². The fourth-order valence-corrected chi connectivity index (χ4v) is 16.0. The van der Waals surface area contributed by atoms with Crippen LogP contribution in [0.2, 0.25) is 0 Å². The maximum atomic E-state index is 11.9. The topological polar surface area (TPSA) is 586 Å². The summed E-state index contributed by atoms with van der Waals surface area (Å²) in [5, 5.41) is 60.9. The van der Waals surface area contributed by atoms with Crippen LogP contribution in [-0.2, 0) is 160 Å². The van der Waals surface area contributed by atoms with Crippen molar-refractivity contribution >= 4 is 127 Å². The molecule has 46 heteroatoms. The van der Waals surface area contributed by atoms with Crippen LogP contribution in [0.4, 0.5) is 34.1 Å². The average molecular weight is 2120 g/mol. The number of imide groups is 3. The van der Waals surface area contributed by atoms with Crippen LogP contribution >= 0.6 is 15.9 Å². The molecule has 10 heterocycles. The first-order chi connectivity index (χ1) is 70.1. The summed E-state index contributed by atoms with van der Waals surface area (Å²) in [6, 6.07) is 59.1. The third-order valence-corrected chi connectivity index (χ3v) is 23.4. The Kier molecular flexibility index (Phi) is 56.2. The smallest absolute Gasteiger partial charge is 1.00 e. The summed E-state index contributed by atoms with van der Waals surface area (Å²) in [5.41, 5.74) is 17.9. The maximum absolute atomic E-state index is 11.9. The van der Waals surface area contributed by atoms with E-state index in [1.54, 1.807) is 97.6 Å². The molecule has 6 fully saturated rings. The van der Waals surface area contributed by atoms with Crippen LogP contribution in [0.5, 0.6) is 0 Å². The summed E-state index contributed by atoms with van der Waals surface area (Å²) in [4.78, 5) is 158. The number of nitro benzene ring substituents is 4. The predicted octanol–water partition coefficient (Wildman–Crippen LogP) is 5.11. The van der Waals surface area contributed by atoms with Gasteiger partial charge in [0.1, 0.15) is 6.10 Å². The molecule has 18 rings (SSSR count). The monoisotopic (exact) mass is 2110 g/mol. The zero-order valence-corrected chi connectivity index (χ0v) is 83.2. The van der Waals surface area contributed by atoms with Crippen molar-refractivity contribution in [2.45, 2.75) is 141 Å². The molecule has 0 aliphatic carbocycles. The fourth-order valence-electron chi connectivity index (χ4n) is 15.5. The second-order valence-electron chi connectivity index (χ2n) is 33.2. The normalized spacial score (nSPS) is 17.8. The van der Waals surface area contributed by atoms with Gasteiger partial charge in [0, 0.05) is 129 Å². The Morgan fingerprint density at radius 1 is 0.517 bits per heavy atom. The summed E-state index contributed by atoms with van der Waals surface area (Å²) in [5.74, 6) is 4.81. The zero-order chi connectivity index (χ0) is 105. The molecule has 6 atom stereocenters. The number of esters is 2. The number of fused-ring (bicyclic) bond motifs is 8. The minimum atomic E-state index is -1.02. The van der Waals surface area contributed by atoms with E-state index in [1.165, 1.54) is 62.7 Å². The van der Waals surface area contributed by atoms with Gasteiger partial charge in [-0.05, 0) is 91.7 Å². The molecule has 10 N–H and O–H groups in total. The molecule has 0 radical (unpaired) electrons. The van der Waals surface area contributed by atoms with E-state index < -0.39 is 44.6 Å². The molecule has 8 aromatic rings. The number of ether oxygens (including phenoxy) is 10. The number of amides is 8.